The number of aromatic nitrogens is 1. The van der Waals surface area contributed by atoms with Crippen LogP contribution in [0.2, 0.25) is 0 Å². The summed E-state index contributed by atoms with van der Waals surface area (Å²) in [5, 5.41) is 9.25. The van der Waals surface area contributed by atoms with Gasteiger partial charge in [0.1, 0.15) is 5.69 Å². The molecule has 0 radical (unpaired) electrons. The molecule has 0 aromatic carbocycles. The minimum absolute atomic E-state index is 0.0298. The molecule has 0 spiro atoms. The second kappa shape index (κ2) is 6.33. The van der Waals surface area contributed by atoms with E-state index in [9.17, 15) is 14.7 Å². The Morgan fingerprint density at radius 3 is 2.57 bits per heavy atom. The van der Waals surface area contributed by atoms with E-state index in [1.54, 1.807) is 18.0 Å². The van der Waals surface area contributed by atoms with E-state index in [0.717, 1.165) is 38.6 Å². The summed E-state index contributed by atoms with van der Waals surface area (Å²) in [4.78, 5) is 25.7. The van der Waals surface area contributed by atoms with Crippen LogP contribution in [0.3, 0.4) is 0 Å². The number of nitrogens with zero attached hydrogens (tertiary/aromatic N) is 2. The van der Waals surface area contributed by atoms with Gasteiger partial charge in [0.25, 0.3) is 5.91 Å². The van der Waals surface area contributed by atoms with Gasteiger partial charge in [-0.25, -0.2) is 0 Å². The smallest absolute Gasteiger partial charge is 0.305 e. The van der Waals surface area contributed by atoms with Crippen LogP contribution >= 0.6 is 0 Å². The number of amides is 1. The van der Waals surface area contributed by atoms with Gasteiger partial charge in [-0.05, 0) is 31.9 Å². The van der Waals surface area contributed by atoms with Crippen LogP contribution < -0.4 is 0 Å². The molecule has 2 rings (SSSR count). The highest BCUT2D eigenvalue weighted by molar-refractivity contribution is 5.93. The van der Waals surface area contributed by atoms with Crippen LogP contribution in [-0.4, -0.2) is 39.0 Å². The minimum Gasteiger partial charge on any atom is -0.481 e. The van der Waals surface area contributed by atoms with E-state index in [1.807, 2.05) is 23.8 Å². The van der Waals surface area contributed by atoms with Crippen molar-refractivity contribution in [3.8, 4) is 0 Å². The second-order valence-electron chi connectivity index (χ2n) is 5.90. The summed E-state index contributed by atoms with van der Waals surface area (Å²) >= 11 is 0. The maximum Gasteiger partial charge on any atom is 0.305 e. The minimum atomic E-state index is -0.831. The molecule has 1 saturated carbocycles. The first-order valence-electron chi connectivity index (χ1n) is 7.65. The first-order valence-corrected chi connectivity index (χ1v) is 7.65. The molecular weight excluding hydrogens is 268 g/mol. The van der Waals surface area contributed by atoms with E-state index in [-0.39, 0.29) is 12.3 Å². The molecule has 5 heteroatoms. The van der Waals surface area contributed by atoms with E-state index >= 15 is 0 Å². The zero-order chi connectivity index (χ0) is 15.5. The summed E-state index contributed by atoms with van der Waals surface area (Å²) in [6, 6.07) is 3.66. The summed E-state index contributed by atoms with van der Waals surface area (Å²) in [7, 11) is 1.75. The molecule has 1 aromatic rings. The highest BCUT2D eigenvalue weighted by atomic mass is 16.4. The van der Waals surface area contributed by atoms with Crippen molar-refractivity contribution in [1.29, 1.82) is 0 Å². The number of aryl methyl sites for hydroxylation is 1. The van der Waals surface area contributed by atoms with Crippen LogP contribution in [0.1, 0.15) is 55.9 Å². The number of hydrogen-bond donors (Lipinski definition) is 1. The lowest BCUT2D eigenvalue weighted by Crippen LogP contribution is -2.52. The highest BCUT2D eigenvalue weighted by Crippen LogP contribution is 2.36. The lowest BCUT2D eigenvalue weighted by molar-refractivity contribution is -0.140. The Morgan fingerprint density at radius 1 is 1.33 bits per heavy atom. The van der Waals surface area contributed by atoms with Crippen LogP contribution in [0, 0.1) is 0 Å². The lowest BCUT2D eigenvalue weighted by Gasteiger charge is -2.43. The van der Waals surface area contributed by atoms with Crippen molar-refractivity contribution >= 4 is 11.9 Å². The molecule has 21 heavy (non-hydrogen) atoms. The third-order valence-electron chi connectivity index (χ3n) is 4.67. The van der Waals surface area contributed by atoms with E-state index in [0.29, 0.717) is 5.69 Å². The molecular formula is C16H24N2O3. The molecule has 1 heterocycles. The topological polar surface area (TPSA) is 62.5 Å². The fraction of sp³-hybridized carbons (Fsp3) is 0.625. The monoisotopic (exact) mass is 292 g/mol. The zero-order valence-electron chi connectivity index (χ0n) is 12.8. The van der Waals surface area contributed by atoms with Gasteiger partial charge in [0, 0.05) is 19.8 Å². The van der Waals surface area contributed by atoms with E-state index in [2.05, 4.69) is 0 Å². The Bertz CT molecular complexity index is 515. The normalized spacial score (nSPS) is 17.4. The fourth-order valence-corrected chi connectivity index (χ4v) is 3.39. The molecule has 0 atom stereocenters. The third kappa shape index (κ3) is 3.12. The van der Waals surface area contributed by atoms with Crippen molar-refractivity contribution in [1.82, 2.24) is 9.47 Å². The molecule has 1 aromatic heterocycles. The zero-order valence-corrected chi connectivity index (χ0v) is 12.8. The Morgan fingerprint density at radius 2 is 2.00 bits per heavy atom. The summed E-state index contributed by atoms with van der Waals surface area (Å²) in [5.41, 5.74) is 0.0969. The van der Waals surface area contributed by atoms with Gasteiger partial charge in [-0.1, -0.05) is 19.3 Å². The van der Waals surface area contributed by atoms with Crippen LogP contribution in [0.15, 0.2) is 18.3 Å². The van der Waals surface area contributed by atoms with Crippen molar-refractivity contribution < 1.29 is 14.7 Å². The SMILES string of the molecule is CCn1cccc1C(=O)N(C)C1(CC(=O)O)CCCCC1. The van der Waals surface area contributed by atoms with Crippen molar-refractivity contribution in [2.24, 2.45) is 0 Å². The average Bonchev–Trinajstić information content (AvgIpc) is 2.94. The van der Waals surface area contributed by atoms with Gasteiger partial charge in [0.05, 0.1) is 12.0 Å². The van der Waals surface area contributed by atoms with Crippen molar-refractivity contribution in [2.45, 2.75) is 57.5 Å². The van der Waals surface area contributed by atoms with Crippen molar-refractivity contribution in [2.75, 3.05) is 7.05 Å². The predicted molar refractivity (Wildman–Crippen MR) is 80.3 cm³/mol. The molecule has 116 valence electrons. The van der Waals surface area contributed by atoms with Gasteiger partial charge in [0.15, 0.2) is 0 Å². The molecule has 1 aliphatic carbocycles. The van der Waals surface area contributed by atoms with Gasteiger partial charge >= 0.3 is 5.97 Å². The van der Waals surface area contributed by atoms with E-state index in [1.165, 1.54) is 0 Å². The molecule has 1 fully saturated rings. The second-order valence-corrected chi connectivity index (χ2v) is 5.90. The van der Waals surface area contributed by atoms with Crippen LogP contribution in [0.5, 0.6) is 0 Å². The number of hydrogen-bond acceptors (Lipinski definition) is 2. The van der Waals surface area contributed by atoms with E-state index < -0.39 is 11.5 Å². The molecule has 0 saturated heterocycles. The predicted octanol–water partition coefficient (Wildman–Crippen LogP) is 2.76. The summed E-state index contributed by atoms with van der Waals surface area (Å²) in [6.07, 6.45) is 6.55. The number of carbonyl (C=O) groups excluding carboxylic acids is 1. The first kappa shape index (κ1) is 15.6. The molecule has 0 unspecified atom stereocenters. The quantitative estimate of drug-likeness (QED) is 0.907. The molecule has 0 aliphatic heterocycles. The molecule has 1 aliphatic rings. The van der Waals surface area contributed by atoms with Gasteiger partial charge in [-0.3, -0.25) is 9.59 Å². The third-order valence-corrected chi connectivity index (χ3v) is 4.67. The van der Waals surface area contributed by atoms with E-state index in [4.69, 9.17) is 0 Å². The van der Waals surface area contributed by atoms with Crippen LogP contribution in [0.25, 0.3) is 0 Å². The summed E-state index contributed by atoms with van der Waals surface area (Å²) in [6.45, 7) is 2.72. The number of rotatable bonds is 5. The Hall–Kier alpha value is -1.78. The Kier molecular flexibility index (Phi) is 4.70. The molecule has 0 bridgehead atoms. The number of carboxylic acid groups (broad SMARTS) is 1. The van der Waals surface area contributed by atoms with Crippen molar-refractivity contribution in [3.05, 3.63) is 24.0 Å². The Balaban J connectivity index is 2.27. The molecule has 5 nitrogen and oxygen atoms in total. The van der Waals surface area contributed by atoms with Gasteiger partial charge in [0.2, 0.25) is 0 Å². The average molecular weight is 292 g/mol. The number of carbonyl (C=O) groups is 2. The number of carboxylic acids is 1. The van der Waals surface area contributed by atoms with Crippen molar-refractivity contribution in [3.63, 3.8) is 0 Å². The summed E-state index contributed by atoms with van der Waals surface area (Å²) in [5.74, 6) is -0.910. The van der Waals surface area contributed by atoms with Gasteiger partial charge < -0.3 is 14.6 Å². The lowest BCUT2D eigenvalue weighted by atomic mass is 9.78. The fourth-order valence-electron chi connectivity index (χ4n) is 3.39. The standard InChI is InChI=1S/C16H24N2O3/c1-3-18-11-7-8-13(18)15(21)17(2)16(12-14(19)20)9-5-4-6-10-16/h7-8,11H,3-6,9-10,12H2,1-2H3,(H,19,20). The molecule has 1 N–H and O–H groups in total. The summed E-state index contributed by atoms with van der Waals surface area (Å²) < 4.78 is 1.90. The Labute approximate surface area is 125 Å². The van der Waals surface area contributed by atoms with Gasteiger partial charge in [-0.2, -0.15) is 0 Å². The molecule has 1 amide bonds. The van der Waals surface area contributed by atoms with Gasteiger partial charge in [-0.15, -0.1) is 0 Å². The number of aliphatic carboxylic acids is 1. The highest BCUT2D eigenvalue weighted by Gasteiger charge is 2.41. The first-order chi connectivity index (χ1) is 10.00. The maximum atomic E-state index is 12.8. The maximum absolute atomic E-state index is 12.8. The van der Waals surface area contributed by atoms with Crippen LogP contribution in [0.4, 0.5) is 0 Å². The van der Waals surface area contributed by atoms with Crippen LogP contribution in [-0.2, 0) is 11.3 Å². The largest absolute Gasteiger partial charge is 0.481 e.